The third-order valence-corrected chi connectivity index (χ3v) is 3.72. The van der Waals surface area contributed by atoms with Crippen LogP contribution in [0, 0.1) is 5.92 Å². The summed E-state index contributed by atoms with van der Waals surface area (Å²) in [6, 6.07) is 9.74. The molecule has 2 rings (SSSR count). The number of hydrogen-bond donors (Lipinski definition) is 1. The molecular formula is C17H23N3O2. The molecule has 0 saturated heterocycles. The maximum absolute atomic E-state index is 11.8. The highest BCUT2D eigenvalue weighted by molar-refractivity contribution is 5.78. The van der Waals surface area contributed by atoms with Gasteiger partial charge in [0.05, 0.1) is 0 Å². The minimum Gasteiger partial charge on any atom is -0.356 e. The van der Waals surface area contributed by atoms with E-state index in [0.29, 0.717) is 24.7 Å². The minimum absolute atomic E-state index is 0.119. The van der Waals surface area contributed by atoms with Crippen molar-refractivity contribution in [3.63, 3.8) is 0 Å². The Hall–Kier alpha value is -2.17. The molecule has 5 heteroatoms. The molecule has 0 fully saturated rings. The molecule has 0 aliphatic carbocycles. The Labute approximate surface area is 131 Å². The van der Waals surface area contributed by atoms with Crippen LogP contribution in [0.2, 0.25) is 0 Å². The van der Waals surface area contributed by atoms with Crippen LogP contribution in [0.5, 0.6) is 0 Å². The first-order chi connectivity index (χ1) is 10.7. The van der Waals surface area contributed by atoms with Gasteiger partial charge >= 0.3 is 0 Å². The SMILES string of the molecule is CCC(CC)C(=O)NCCCc1nc(-c2ccccc2)no1. The lowest BCUT2D eigenvalue weighted by atomic mass is 10.0. The minimum atomic E-state index is 0.119. The summed E-state index contributed by atoms with van der Waals surface area (Å²) >= 11 is 0. The van der Waals surface area contributed by atoms with E-state index >= 15 is 0 Å². The van der Waals surface area contributed by atoms with Crippen LogP contribution in [0.3, 0.4) is 0 Å². The fourth-order valence-electron chi connectivity index (χ4n) is 2.32. The van der Waals surface area contributed by atoms with Crippen LogP contribution in [0.4, 0.5) is 0 Å². The van der Waals surface area contributed by atoms with Gasteiger partial charge < -0.3 is 9.84 Å². The number of hydrogen-bond acceptors (Lipinski definition) is 4. The Kier molecular flexibility index (Phi) is 6.13. The molecule has 22 heavy (non-hydrogen) atoms. The van der Waals surface area contributed by atoms with Gasteiger partial charge in [-0.25, -0.2) is 0 Å². The lowest BCUT2D eigenvalue weighted by Crippen LogP contribution is -2.31. The largest absolute Gasteiger partial charge is 0.356 e. The molecule has 0 saturated carbocycles. The van der Waals surface area contributed by atoms with Gasteiger partial charge in [0.1, 0.15) is 0 Å². The number of carbonyl (C=O) groups excluding carboxylic acids is 1. The second kappa shape index (κ2) is 8.32. The fraction of sp³-hybridized carbons (Fsp3) is 0.471. The first kappa shape index (κ1) is 16.2. The number of amides is 1. The Balaban J connectivity index is 1.76. The summed E-state index contributed by atoms with van der Waals surface area (Å²) in [5.41, 5.74) is 0.944. The summed E-state index contributed by atoms with van der Waals surface area (Å²) in [6.07, 6.45) is 3.23. The van der Waals surface area contributed by atoms with Crippen LogP contribution >= 0.6 is 0 Å². The van der Waals surface area contributed by atoms with E-state index in [2.05, 4.69) is 15.5 Å². The molecule has 1 amide bonds. The highest BCUT2D eigenvalue weighted by Gasteiger charge is 2.13. The summed E-state index contributed by atoms with van der Waals surface area (Å²) < 4.78 is 5.24. The van der Waals surface area contributed by atoms with Crippen molar-refractivity contribution in [3.05, 3.63) is 36.2 Å². The third kappa shape index (κ3) is 4.41. The standard InChI is InChI=1S/C17H23N3O2/c1-3-13(4-2)17(21)18-12-8-11-15-19-16(20-22-15)14-9-6-5-7-10-14/h5-7,9-10,13H,3-4,8,11-12H2,1-2H3,(H,18,21). The number of carbonyl (C=O) groups is 1. The summed E-state index contributed by atoms with van der Waals surface area (Å²) in [4.78, 5) is 16.2. The van der Waals surface area contributed by atoms with Crippen molar-refractivity contribution < 1.29 is 9.32 Å². The topological polar surface area (TPSA) is 68.0 Å². The van der Waals surface area contributed by atoms with Crippen molar-refractivity contribution in [2.75, 3.05) is 6.54 Å². The Bertz CT molecular complexity index is 577. The molecule has 0 bridgehead atoms. The van der Waals surface area contributed by atoms with E-state index in [1.54, 1.807) is 0 Å². The average molecular weight is 301 g/mol. The molecule has 1 heterocycles. The highest BCUT2D eigenvalue weighted by Crippen LogP contribution is 2.15. The number of benzene rings is 1. The number of nitrogens with one attached hydrogen (secondary N) is 1. The Morgan fingerprint density at radius 1 is 1.23 bits per heavy atom. The molecule has 118 valence electrons. The lowest BCUT2D eigenvalue weighted by Gasteiger charge is -2.11. The zero-order valence-corrected chi connectivity index (χ0v) is 13.2. The maximum atomic E-state index is 11.8. The van der Waals surface area contributed by atoms with Gasteiger partial charge in [0, 0.05) is 24.4 Å². The molecule has 0 unspecified atom stereocenters. The van der Waals surface area contributed by atoms with Crippen LogP contribution in [0.15, 0.2) is 34.9 Å². The lowest BCUT2D eigenvalue weighted by molar-refractivity contribution is -0.125. The molecule has 1 aromatic carbocycles. The van der Waals surface area contributed by atoms with E-state index in [4.69, 9.17) is 4.52 Å². The van der Waals surface area contributed by atoms with Gasteiger partial charge in [-0.2, -0.15) is 4.98 Å². The van der Waals surface area contributed by atoms with Crippen LogP contribution in [0.1, 0.15) is 39.0 Å². The van der Waals surface area contributed by atoms with Gasteiger partial charge in [-0.3, -0.25) is 4.79 Å². The van der Waals surface area contributed by atoms with Crippen molar-refractivity contribution in [3.8, 4) is 11.4 Å². The molecule has 0 aliphatic heterocycles. The summed E-state index contributed by atoms with van der Waals surface area (Å²) in [5.74, 6) is 1.47. The molecule has 2 aromatic rings. The predicted molar refractivity (Wildman–Crippen MR) is 85.1 cm³/mol. The Morgan fingerprint density at radius 2 is 1.95 bits per heavy atom. The molecule has 0 spiro atoms. The van der Waals surface area contributed by atoms with Crippen molar-refractivity contribution >= 4 is 5.91 Å². The van der Waals surface area contributed by atoms with E-state index < -0.39 is 0 Å². The zero-order chi connectivity index (χ0) is 15.8. The van der Waals surface area contributed by atoms with E-state index in [1.165, 1.54) is 0 Å². The number of nitrogens with zero attached hydrogens (tertiary/aromatic N) is 2. The summed E-state index contributed by atoms with van der Waals surface area (Å²) in [7, 11) is 0. The molecule has 1 N–H and O–H groups in total. The molecular weight excluding hydrogens is 278 g/mol. The monoisotopic (exact) mass is 301 g/mol. The molecule has 1 aromatic heterocycles. The summed E-state index contributed by atoms with van der Waals surface area (Å²) in [6.45, 7) is 4.72. The quantitative estimate of drug-likeness (QED) is 0.760. The van der Waals surface area contributed by atoms with Crippen molar-refractivity contribution in [1.29, 1.82) is 0 Å². The van der Waals surface area contributed by atoms with E-state index in [1.807, 2.05) is 44.2 Å². The predicted octanol–water partition coefficient (Wildman–Crippen LogP) is 3.22. The maximum Gasteiger partial charge on any atom is 0.227 e. The third-order valence-electron chi connectivity index (χ3n) is 3.72. The molecule has 0 radical (unpaired) electrons. The van der Waals surface area contributed by atoms with Crippen LogP contribution in [-0.4, -0.2) is 22.6 Å². The number of aromatic nitrogens is 2. The van der Waals surface area contributed by atoms with Crippen LogP contribution < -0.4 is 5.32 Å². The van der Waals surface area contributed by atoms with Gasteiger partial charge in [0.25, 0.3) is 0 Å². The second-order valence-corrected chi connectivity index (χ2v) is 5.29. The highest BCUT2D eigenvalue weighted by atomic mass is 16.5. The fourth-order valence-corrected chi connectivity index (χ4v) is 2.32. The van der Waals surface area contributed by atoms with Crippen LogP contribution in [-0.2, 0) is 11.2 Å². The van der Waals surface area contributed by atoms with E-state index in [-0.39, 0.29) is 11.8 Å². The molecule has 5 nitrogen and oxygen atoms in total. The number of rotatable bonds is 8. The smallest absolute Gasteiger partial charge is 0.227 e. The normalized spacial score (nSPS) is 10.9. The molecule has 0 atom stereocenters. The van der Waals surface area contributed by atoms with E-state index in [9.17, 15) is 4.79 Å². The van der Waals surface area contributed by atoms with Crippen LogP contribution in [0.25, 0.3) is 11.4 Å². The first-order valence-electron chi connectivity index (χ1n) is 7.90. The van der Waals surface area contributed by atoms with Gasteiger partial charge in [0.15, 0.2) is 0 Å². The summed E-state index contributed by atoms with van der Waals surface area (Å²) in [5, 5.41) is 6.95. The van der Waals surface area contributed by atoms with Crippen molar-refractivity contribution in [2.24, 2.45) is 5.92 Å². The molecule has 0 aliphatic rings. The van der Waals surface area contributed by atoms with Gasteiger partial charge in [-0.15, -0.1) is 0 Å². The Morgan fingerprint density at radius 3 is 2.64 bits per heavy atom. The first-order valence-corrected chi connectivity index (χ1v) is 7.90. The van der Waals surface area contributed by atoms with E-state index in [0.717, 1.165) is 24.8 Å². The van der Waals surface area contributed by atoms with Gasteiger partial charge in [-0.1, -0.05) is 49.3 Å². The van der Waals surface area contributed by atoms with Gasteiger partial charge in [-0.05, 0) is 19.3 Å². The van der Waals surface area contributed by atoms with Crippen molar-refractivity contribution in [1.82, 2.24) is 15.5 Å². The average Bonchev–Trinajstić information content (AvgIpc) is 3.02. The number of aryl methyl sites for hydroxylation is 1. The van der Waals surface area contributed by atoms with Gasteiger partial charge in [0.2, 0.25) is 17.6 Å². The van der Waals surface area contributed by atoms with Crippen molar-refractivity contribution in [2.45, 2.75) is 39.5 Å². The zero-order valence-electron chi connectivity index (χ0n) is 13.2. The second-order valence-electron chi connectivity index (χ2n) is 5.29.